The van der Waals surface area contributed by atoms with Crippen molar-refractivity contribution in [3.63, 3.8) is 0 Å². The molecule has 1 amide bonds. The summed E-state index contributed by atoms with van der Waals surface area (Å²) in [5, 5.41) is 20.8. The normalized spacial score (nSPS) is 15.9. The number of aryl methyl sites for hydroxylation is 3. The summed E-state index contributed by atoms with van der Waals surface area (Å²) in [5.41, 5.74) is 5.16. The van der Waals surface area contributed by atoms with Crippen LogP contribution >= 0.6 is 23.1 Å². The number of hydrogen-bond acceptors (Lipinski definition) is 10. The predicted octanol–water partition coefficient (Wildman–Crippen LogP) is 7.61. The van der Waals surface area contributed by atoms with E-state index in [1.165, 1.54) is 33.6 Å². The average Bonchev–Trinajstić information content (AvgIpc) is 3.77. The highest BCUT2D eigenvalue weighted by Crippen LogP contribution is 2.46. The SMILES string of the molecule is CCCCCOc1ccc(C2C(=C(O)c3nc4c(C)cccn4c3C)C(=O)C(=O)N2c2nnc(SCc3ccc(C)cc3)s2)cc1OC. The van der Waals surface area contributed by atoms with Crippen LogP contribution in [-0.2, 0) is 15.3 Å². The minimum atomic E-state index is -1.03. The van der Waals surface area contributed by atoms with Gasteiger partial charge in [-0.05, 0) is 62.1 Å². The van der Waals surface area contributed by atoms with Crippen LogP contribution in [0.25, 0.3) is 11.4 Å². The number of carbonyl (C=O) groups excluding carboxylic acids is 2. The van der Waals surface area contributed by atoms with Gasteiger partial charge >= 0.3 is 5.91 Å². The Bertz CT molecular complexity index is 2020. The molecule has 0 radical (unpaired) electrons. The molecule has 1 aliphatic heterocycles. The largest absolute Gasteiger partial charge is 0.505 e. The number of amides is 1. The molecule has 1 fully saturated rings. The van der Waals surface area contributed by atoms with E-state index in [9.17, 15) is 14.7 Å². The number of aliphatic hydroxyl groups is 1. The molecule has 12 heteroatoms. The van der Waals surface area contributed by atoms with Crippen molar-refractivity contribution in [2.45, 2.75) is 63.1 Å². The van der Waals surface area contributed by atoms with E-state index in [-0.39, 0.29) is 22.2 Å². The van der Waals surface area contributed by atoms with Gasteiger partial charge in [0.2, 0.25) is 5.13 Å². The van der Waals surface area contributed by atoms with Gasteiger partial charge in [-0.2, -0.15) is 0 Å². The molecule has 248 valence electrons. The highest BCUT2D eigenvalue weighted by Gasteiger charge is 2.49. The van der Waals surface area contributed by atoms with Crippen molar-refractivity contribution < 1.29 is 24.2 Å². The number of nitrogens with zero attached hydrogens (tertiary/aromatic N) is 5. The van der Waals surface area contributed by atoms with Gasteiger partial charge in [0.15, 0.2) is 21.6 Å². The number of methoxy groups -OCH3 is 1. The number of ether oxygens (including phenoxy) is 2. The number of anilines is 1. The molecule has 1 N–H and O–H groups in total. The fraction of sp³-hybridized carbons (Fsp3) is 0.306. The lowest BCUT2D eigenvalue weighted by molar-refractivity contribution is -0.132. The van der Waals surface area contributed by atoms with Gasteiger partial charge in [-0.15, -0.1) is 10.2 Å². The first-order chi connectivity index (χ1) is 23.2. The van der Waals surface area contributed by atoms with Crippen molar-refractivity contribution in [1.29, 1.82) is 0 Å². The third-order valence-corrected chi connectivity index (χ3v) is 10.5. The zero-order valence-electron chi connectivity index (χ0n) is 27.5. The van der Waals surface area contributed by atoms with Crippen LogP contribution in [0.5, 0.6) is 11.5 Å². The number of rotatable bonds is 12. The third kappa shape index (κ3) is 6.42. The maximum absolute atomic E-state index is 13.9. The summed E-state index contributed by atoms with van der Waals surface area (Å²) < 4.78 is 14.2. The summed E-state index contributed by atoms with van der Waals surface area (Å²) in [6, 6.07) is 16.3. The van der Waals surface area contributed by atoms with Gasteiger partial charge in [0, 0.05) is 11.9 Å². The Hall–Kier alpha value is -4.68. The monoisotopic (exact) mass is 683 g/mol. The number of thioether (sulfide) groups is 1. The van der Waals surface area contributed by atoms with E-state index in [2.05, 4.69) is 41.4 Å². The van der Waals surface area contributed by atoms with Gasteiger partial charge in [-0.1, -0.05) is 84.8 Å². The second-order valence-electron chi connectivity index (χ2n) is 11.7. The zero-order chi connectivity index (χ0) is 33.9. The van der Waals surface area contributed by atoms with Gasteiger partial charge in [0.25, 0.3) is 5.78 Å². The van der Waals surface area contributed by atoms with Crippen LogP contribution in [-0.4, -0.2) is 50.1 Å². The molecule has 4 heterocycles. The topological polar surface area (TPSA) is 119 Å². The van der Waals surface area contributed by atoms with Crippen molar-refractivity contribution in [2.24, 2.45) is 0 Å². The van der Waals surface area contributed by atoms with Crippen LogP contribution in [0.4, 0.5) is 5.13 Å². The fourth-order valence-corrected chi connectivity index (χ4v) is 7.54. The molecule has 6 rings (SSSR count). The van der Waals surface area contributed by atoms with Gasteiger partial charge in [-0.3, -0.25) is 14.5 Å². The minimum absolute atomic E-state index is 0.0908. The van der Waals surface area contributed by atoms with Crippen LogP contribution in [0.1, 0.15) is 65.9 Å². The zero-order valence-corrected chi connectivity index (χ0v) is 29.2. The summed E-state index contributed by atoms with van der Waals surface area (Å²) in [7, 11) is 1.54. The number of unbranched alkanes of at least 4 members (excludes halogenated alkanes) is 2. The molecule has 0 saturated carbocycles. The smallest absolute Gasteiger partial charge is 0.301 e. The summed E-state index contributed by atoms with van der Waals surface area (Å²) in [6.45, 7) is 8.44. The van der Waals surface area contributed by atoms with Crippen molar-refractivity contribution in [2.75, 3.05) is 18.6 Å². The highest BCUT2D eigenvalue weighted by atomic mass is 32.2. The van der Waals surface area contributed by atoms with E-state index < -0.39 is 17.7 Å². The van der Waals surface area contributed by atoms with Crippen molar-refractivity contribution in [3.05, 3.63) is 100 Å². The lowest BCUT2D eigenvalue weighted by Gasteiger charge is -2.23. The number of fused-ring (bicyclic) bond motifs is 1. The van der Waals surface area contributed by atoms with Crippen LogP contribution in [0.3, 0.4) is 0 Å². The Balaban J connectivity index is 1.43. The van der Waals surface area contributed by atoms with Crippen LogP contribution in [0.15, 0.2) is 70.7 Å². The van der Waals surface area contributed by atoms with Crippen molar-refractivity contribution in [1.82, 2.24) is 19.6 Å². The number of pyridine rings is 1. The highest BCUT2D eigenvalue weighted by molar-refractivity contribution is 8.00. The first-order valence-corrected chi connectivity index (χ1v) is 17.6. The Kier molecular flexibility index (Phi) is 9.83. The number of imidazole rings is 1. The summed E-state index contributed by atoms with van der Waals surface area (Å²) in [6.07, 6.45) is 4.87. The maximum atomic E-state index is 13.9. The average molecular weight is 684 g/mol. The number of benzene rings is 2. The number of aromatic nitrogens is 4. The van der Waals surface area contributed by atoms with E-state index in [1.807, 2.05) is 43.5 Å². The molecular weight excluding hydrogens is 647 g/mol. The van der Waals surface area contributed by atoms with E-state index >= 15 is 0 Å². The fourth-order valence-electron chi connectivity index (χ4n) is 5.71. The van der Waals surface area contributed by atoms with E-state index in [1.54, 1.807) is 25.3 Å². The second-order valence-corrected chi connectivity index (χ2v) is 13.9. The van der Waals surface area contributed by atoms with E-state index in [0.29, 0.717) is 45.1 Å². The Morgan fingerprint density at radius 3 is 2.54 bits per heavy atom. The Labute approximate surface area is 287 Å². The summed E-state index contributed by atoms with van der Waals surface area (Å²) in [5.74, 6) is -0.357. The Morgan fingerprint density at radius 1 is 1.02 bits per heavy atom. The standard InChI is InChI=1S/C36H37N5O5S2/c1-6-7-8-18-46-26-16-15-25(19-27(26)45-5)30-28(31(42)29-23(4)40-17-9-10-22(3)33(40)37-29)32(43)34(44)41(30)35-38-39-36(48-35)47-20-24-13-11-21(2)12-14-24/h9-17,19,30,42H,6-8,18,20H2,1-5H3. The molecule has 10 nitrogen and oxygen atoms in total. The predicted molar refractivity (Wildman–Crippen MR) is 188 cm³/mol. The number of Topliss-reactive ketones (excluding diaryl/α,β-unsaturated/α-hetero) is 1. The van der Waals surface area contributed by atoms with E-state index in [4.69, 9.17) is 14.5 Å². The minimum Gasteiger partial charge on any atom is -0.505 e. The van der Waals surface area contributed by atoms with Crippen molar-refractivity contribution >= 4 is 51.3 Å². The van der Waals surface area contributed by atoms with E-state index in [0.717, 1.165) is 30.4 Å². The second kappa shape index (κ2) is 14.2. The van der Waals surface area contributed by atoms with Gasteiger partial charge in [0.05, 0.1) is 31.0 Å². The molecule has 48 heavy (non-hydrogen) atoms. The number of ketones is 1. The molecule has 2 aromatic carbocycles. The molecule has 1 saturated heterocycles. The number of hydrogen-bond donors (Lipinski definition) is 1. The molecule has 1 atom stereocenters. The lowest BCUT2D eigenvalue weighted by atomic mass is 9.96. The molecule has 0 aliphatic carbocycles. The van der Waals surface area contributed by atoms with Crippen LogP contribution in [0, 0.1) is 20.8 Å². The van der Waals surface area contributed by atoms with Gasteiger partial charge < -0.3 is 19.0 Å². The van der Waals surface area contributed by atoms with Crippen LogP contribution in [0.2, 0.25) is 0 Å². The molecule has 3 aromatic heterocycles. The lowest BCUT2D eigenvalue weighted by Crippen LogP contribution is -2.29. The first-order valence-electron chi connectivity index (χ1n) is 15.8. The molecule has 1 aliphatic rings. The Morgan fingerprint density at radius 2 is 1.81 bits per heavy atom. The molecule has 0 spiro atoms. The first kappa shape index (κ1) is 33.2. The maximum Gasteiger partial charge on any atom is 0.301 e. The molecular formula is C36H37N5O5S2. The summed E-state index contributed by atoms with van der Waals surface area (Å²) >= 11 is 2.72. The third-order valence-electron chi connectivity index (χ3n) is 8.35. The van der Waals surface area contributed by atoms with Gasteiger partial charge in [0.1, 0.15) is 11.3 Å². The summed E-state index contributed by atoms with van der Waals surface area (Å²) in [4.78, 5) is 33.8. The molecule has 1 unspecified atom stereocenters. The van der Waals surface area contributed by atoms with Crippen molar-refractivity contribution in [3.8, 4) is 11.5 Å². The number of aliphatic hydroxyl groups excluding tert-OH is 1. The number of carbonyl (C=O) groups is 2. The van der Waals surface area contributed by atoms with Crippen LogP contribution < -0.4 is 14.4 Å². The molecule has 0 bridgehead atoms. The molecule has 5 aromatic rings. The quantitative estimate of drug-likeness (QED) is 0.0354. The van der Waals surface area contributed by atoms with Gasteiger partial charge in [-0.25, -0.2) is 4.98 Å².